The van der Waals surface area contributed by atoms with Gasteiger partial charge in [-0.15, -0.1) is 0 Å². The van der Waals surface area contributed by atoms with Crippen molar-refractivity contribution in [3.8, 4) is 0 Å². The minimum absolute atomic E-state index is 0.864. The van der Waals surface area contributed by atoms with Crippen LogP contribution in [0.3, 0.4) is 0 Å². The second kappa shape index (κ2) is 6.58. The molecule has 0 spiro atoms. The first-order valence-electron chi connectivity index (χ1n) is 9.15. The van der Waals surface area contributed by atoms with E-state index in [1.165, 1.54) is 0 Å². The van der Waals surface area contributed by atoms with Crippen LogP contribution in [0.1, 0.15) is 33.6 Å². The lowest BCUT2D eigenvalue weighted by atomic mass is 9.42. The maximum absolute atomic E-state index is 16.2. The maximum atomic E-state index is 16.2. The fourth-order valence-corrected chi connectivity index (χ4v) is 5.06. The highest BCUT2D eigenvalue weighted by Crippen LogP contribution is 2.80. The van der Waals surface area contributed by atoms with E-state index in [1.54, 1.807) is 0 Å². The summed E-state index contributed by atoms with van der Waals surface area (Å²) in [6, 6.07) is 0. The third kappa shape index (κ3) is 2.36. The van der Waals surface area contributed by atoms with Crippen molar-refractivity contribution in [2.45, 2.75) is 97.2 Å². The molecular weight excluding hydrogens is 524 g/mol. The molecule has 17 heteroatoms. The van der Waals surface area contributed by atoms with Gasteiger partial charge in [-0.25, -0.2) is 52.7 Å². The van der Waals surface area contributed by atoms with Crippen LogP contribution in [-0.2, 0) is 0 Å². The van der Waals surface area contributed by atoms with Crippen LogP contribution in [0.2, 0.25) is 0 Å². The van der Waals surface area contributed by atoms with Crippen molar-refractivity contribution in [1.29, 1.82) is 0 Å². The normalized spacial score (nSPS) is 47.3. The molecule has 2 fully saturated rings. The Morgan fingerprint density at radius 1 is 0.559 bits per heavy atom. The average Bonchev–Trinajstić information content (AvgIpc) is 2.63. The minimum Gasteiger partial charge on any atom is -0.393 e. The van der Waals surface area contributed by atoms with Crippen LogP contribution in [0.15, 0.2) is 0 Å². The highest BCUT2D eigenvalue weighted by Gasteiger charge is 3.09. The third-order valence-electron chi connectivity index (χ3n) is 6.94. The molecule has 0 amide bonds. The lowest BCUT2D eigenvalue weighted by Gasteiger charge is -2.69. The number of fused-ring (bicyclic) bond motifs is 1. The maximum Gasteiger partial charge on any atom is 0.356 e. The zero-order chi connectivity index (χ0) is 27.6. The van der Waals surface area contributed by atoms with E-state index in [0.717, 1.165) is 0 Å². The monoisotopic (exact) mass is 540 g/mol. The first kappa shape index (κ1) is 29.1. The van der Waals surface area contributed by atoms with Gasteiger partial charge in [-0.1, -0.05) is 0 Å². The Kier molecular flexibility index (Phi) is 5.63. The molecule has 0 saturated heterocycles. The molecule has 0 aromatic carbocycles. The number of aliphatic hydroxyl groups excluding tert-OH is 1. The minimum atomic E-state index is -7.75. The number of halogens is 16. The van der Waals surface area contributed by atoms with Gasteiger partial charge in [0, 0.05) is 20.8 Å². The van der Waals surface area contributed by atoms with Gasteiger partial charge in [0.05, 0.1) is 6.61 Å². The largest absolute Gasteiger partial charge is 0.393 e. The van der Waals surface area contributed by atoms with Gasteiger partial charge in [0.15, 0.2) is 0 Å². The summed E-state index contributed by atoms with van der Waals surface area (Å²) in [7, 11) is 0. The zero-order valence-electron chi connectivity index (χ0n) is 17.1. The van der Waals surface area contributed by atoms with Crippen LogP contribution >= 0.6 is 0 Å². The third-order valence-corrected chi connectivity index (χ3v) is 6.94. The van der Waals surface area contributed by atoms with Crippen molar-refractivity contribution in [2.75, 3.05) is 6.61 Å². The van der Waals surface area contributed by atoms with E-state index in [4.69, 9.17) is 5.11 Å². The van der Waals surface area contributed by atoms with Crippen LogP contribution in [0.25, 0.3) is 0 Å². The quantitative estimate of drug-likeness (QED) is 0.417. The predicted octanol–water partition coefficient (Wildman–Crippen LogP) is 6.27. The van der Waals surface area contributed by atoms with Gasteiger partial charge in [0.2, 0.25) is 28.3 Å². The van der Waals surface area contributed by atoms with Gasteiger partial charge >= 0.3 is 11.8 Å². The Bertz CT molecular complexity index is 846. The molecule has 0 bridgehead atoms. The topological polar surface area (TPSA) is 20.2 Å². The lowest BCUT2D eigenvalue weighted by Crippen LogP contribution is -3.00. The Morgan fingerprint density at radius 2 is 0.882 bits per heavy atom. The van der Waals surface area contributed by atoms with Crippen molar-refractivity contribution in [3.63, 3.8) is 0 Å². The molecule has 2 aliphatic rings. The van der Waals surface area contributed by atoms with Gasteiger partial charge < -0.3 is 5.11 Å². The second-order valence-corrected chi connectivity index (χ2v) is 8.85. The summed E-state index contributed by atoms with van der Waals surface area (Å²) < 4.78 is 237. The van der Waals surface area contributed by atoms with Gasteiger partial charge in [-0.2, -0.15) is 17.6 Å². The molecule has 0 aromatic rings. The number of hydrogen-bond donors (Lipinski definition) is 1. The molecule has 2 aliphatic carbocycles. The van der Waals surface area contributed by atoms with Crippen LogP contribution in [-0.4, -0.2) is 75.3 Å². The summed E-state index contributed by atoms with van der Waals surface area (Å²) in [6.45, 7) is -6.72. The fourth-order valence-electron chi connectivity index (χ4n) is 5.06. The molecule has 1 nitrogen and oxygen atoms in total. The molecule has 6 atom stereocenters. The highest BCUT2D eigenvalue weighted by atomic mass is 19.3. The van der Waals surface area contributed by atoms with Crippen LogP contribution in [0.5, 0.6) is 0 Å². The number of hydrogen-bond acceptors (Lipinski definition) is 1. The van der Waals surface area contributed by atoms with Gasteiger partial charge in [-0.05, 0) is 12.8 Å². The molecule has 0 heterocycles. The van der Waals surface area contributed by atoms with Crippen LogP contribution < -0.4 is 0 Å². The summed E-state index contributed by atoms with van der Waals surface area (Å²) in [5, 5.41) is 8.95. The molecular formula is C17H16F16O. The Hall–Kier alpha value is -1.16. The van der Waals surface area contributed by atoms with Crippen molar-refractivity contribution in [1.82, 2.24) is 0 Å². The summed E-state index contributed by atoms with van der Waals surface area (Å²) in [5.41, 5.74) is -41.8. The molecule has 0 aliphatic heterocycles. The first-order valence-corrected chi connectivity index (χ1v) is 9.15. The molecule has 1 N–H and O–H groups in total. The Morgan fingerprint density at radius 3 is 1.15 bits per heavy atom. The SMILES string of the molecule is CC(F)(F)C1(F)CCC(F)(C(C)(F)F)C2(F)C(F)(C(C)(F)F)C(F)(F)C(F)(F)C(F)(CO)C12F. The zero-order valence-corrected chi connectivity index (χ0v) is 17.1. The van der Waals surface area contributed by atoms with Crippen molar-refractivity contribution in [2.24, 2.45) is 0 Å². The molecule has 34 heavy (non-hydrogen) atoms. The van der Waals surface area contributed by atoms with Crippen molar-refractivity contribution < 1.29 is 75.4 Å². The number of aliphatic hydroxyl groups is 1. The summed E-state index contributed by atoms with van der Waals surface area (Å²) >= 11 is 0. The molecule has 202 valence electrons. The predicted molar refractivity (Wildman–Crippen MR) is 81.1 cm³/mol. The Balaban J connectivity index is 3.42. The first-order chi connectivity index (χ1) is 14.5. The van der Waals surface area contributed by atoms with Crippen molar-refractivity contribution >= 4 is 0 Å². The average molecular weight is 540 g/mol. The van der Waals surface area contributed by atoms with E-state index in [1.807, 2.05) is 0 Å². The smallest absolute Gasteiger partial charge is 0.356 e. The fraction of sp³-hybridized carbons (Fsp3) is 1.00. The van der Waals surface area contributed by atoms with E-state index in [2.05, 4.69) is 0 Å². The van der Waals surface area contributed by atoms with Gasteiger partial charge in [-0.3, -0.25) is 0 Å². The van der Waals surface area contributed by atoms with E-state index in [9.17, 15) is 43.9 Å². The van der Waals surface area contributed by atoms with Crippen LogP contribution in [0.4, 0.5) is 70.2 Å². The standard InChI is InChI=1S/C17H16F16O/c1-7(18,19)10(24)4-5-11(25,8(2,20)21)15(29)13(27,9(3,22)23)17(32,33)16(30,31)12(26,6-34)14(10,15)28/h34H,4-6H2,1-3H3. The van der Waals surface area contributed by atoms with Gasteiger partial charge in [0.25, 0.3) is 23.4 Å². The molecule has 0 radical (unpaired) electrons. The highest BCUT2D eigenvalue weighted by molar-refractivity contribution is 5.47. The molecule has 6 unspecified atom stereocenters. The number of rotatable bonds is 4. The molecule has 2 rings (SSSR count). The lowest BCUT2D eigenvalue weighted by molar-refractivity contribution is -0.494. The van der Waals surface area contributed by atoms with Crippen LogP contribution in [0, 0.1) is 0 Å². The molecule has 2 saturated carbocycles. The van der Waals surface area contributed by atoms with E-state index < -0.39 is 104 Å². The van der Waals surface area contributed by atoms with E-state index in [0.29, 0.717) is 0 Å². The van der Waals surface area contributed by atoms with E-state index >= 15 is 26.3 Å². The summed E-state index contributed by atoms with van der Waals surface area (Å²) in [5.74, 6) is -33.6. The van der Waals surface area contributed by atoms with E-state index in [-0.39, 0.29) is 0 Å². The number of alkyl halides is 16. The Labute approximate surface area is 180 Å². The summed E-state index contributed by atoms with van der Waals surface area (Å²) in [4.78, 5) is 0. The molecule has 0 aromatic heterocycles. The second-order valence-electron chi connectivity index (χ2n) is 8.85. The van der Waals surface area contributed by atoms with Gasteiger partial charge in [0.1, 0.15) is 0 Å². The van der Waals surface area contributed by atoms with Crippen molar-refractivity contribution in [3.05, 3.63) is 0 Å². The summed E-state index contributed by atoms with van der Waals surface area (Å²) in [6.07, 6.45) is -5.90.